The number of hydrogen-bond acceptors (Lipinski definition) is 5. The Balaban J connectivity index is 1.02. The van der Waals surface area contributed by atoms with Gasteiger partial charge >= 0.3 is 0 Å². The van der Waals surface area contributed by atoms with Crippen molar-refractivity contribution in [1.29, 1.82) is 0 Å². The molecule has 316 valence electrons. The lowest BCUT2D eigenvalue weighted by Gasteiger charge is -2.13. The number of benzene rings is 10. The van der Waals surface area contributed by atoms with Crippen LogP contribution in [-0.4, -0.2) is 24.1 Å². The van der Waals surface area contributed by atoms with Crippen molar-refractivity contribution in [3.63, 3.8) is 0 Å². The highest BCUT2D eigenvalue weighted by Crippen LogP contribution is 2.42. The van der Waals surface area contributed by atoms with Crippen LogP contribution in [0.2, 0.25) is 0 Å². The molecular formula is C61H35N5O2. The molecule has 0 spiro atoms. The second-order valence-corrected chi connectivity index (χ2v) is 17.6. The third kappa shape index (κ3) is 5.44. The summed E-state index contributed by atoms with van der Waals surface area (Å²) in [4.78, 5) is 16.1. The highest BCUT2D eigenvalue weighted by atomic mass is 16.3. The monoisotopic (exact) mass is 869 g/mol. The summed E-state index contributed by atoms with van der Waals surface area (Å²) in [6.45, 7) is 0. The van der Waals surface area contributed by atoms with E-state index in [1.165, 1.54) is 21.5 Å². The lowest BCUT2D eigenvalue weighted by Crippen LogP contribution is -2.02. The summed E-state index contributed by atoms with van der Waals surface area (Å²) in [6, 6.07) is 74.5. The number of fused-ring (bicyclic) bond motifs is 13. The van der Waals surface area contributed by atoms with E-state index in [1.54, 1.807) is 0 Å². The summed E-state index contributed by atoms with van der Waals surface area (Å²) in [5.41, 5.74) is 12.1. The lowest BCUT2D eigenvalue weighted by molar-refractivity contribution is 0.668. The predicted octanol–water partition coefficient (Wildman–Crippen LogP) is 16.0. The number of furan rings is 2. The largest absolute Gasteiger partial charge is 0.456 e. The zero-order valence-electron chi connectivity index (χ0n) is 36.3. The topological polar surface area (TPSA) is 74.8 Å². The predicted molar refractivity (Wildman–Crippen MR) is 277 cm³/mol. The van der Waals surface area contributed by atoms with Gasteiger partial charge in [-0.15, -0.1) is 0 Å². The van der Waals surface area contributed by atoms with Gasteiger partial charge in [-0.3, -0.25) is 0 Å². The van der Waals surface area contributed by atoms with Gasteiger partial charge in [0.05, 0.1) is 27.6 Å². The molecule has 0 aliphatic heterocycles. The van der Waals surface area contributed by atoms with Crippen LogP contribution in [0.3, 0.4) is 0 Å². The van der Waals surface area contributed by atoms with Crippen LogP contribution in [0, 0.1) is 0 Å². The van der Waals surface area contributed by atoms with Crippen LogP contribution in [0.25, 0.3) is 144 Å². The Labute approximate surface area is 387 Å². The average molecular weight is 870 g/mol. The molecule has 7 heteroatoms. The number of aromatic nitrogens is 5. The molecule has 15 rings (SSSR count). The minimum Gasteiger partial charge on any atom is -0.456 e. The highest BCUT2D eigenvalue weighted by molar-refractivity contribution is 6.16. The van der Waals surface area contributed by atoms with Crippen molar-refractivity contribution in [3.05, 3.63) is 212 Å². The van der Waals surface area contributed by atoms with E-state index in [9.17, 15) is 0 Å². The van der Waals surface area contributed by atoms with Gasteiger partial charge in [0.25, 0.3) is 0 Å². The molecule has 0 atom stereocenters. The van der Waals surface area contributed by atoms with Crippen LogP contribution >= 0.6 is 0 Å². The van der Waals surface area contributed by atoms with E-state index in [0.717, 1.165) is 99.2 Å². The third-order valence-electron chi connectivity index (χ3n) is 13.7. The van der Waals surface area contributed by atoms with Crippen molar-refractivity contribution in [2.24, 2.45) is 0 Å². The minimum atomic E-state index is 0.499. The first-order chi connectivity index (χ1) is 33.7. The number of nitrogens with zero attached hydrogens (tertiary/aromatic N) is 5. The fourth-order valence-corrected chi connectivity index (χ4v) is 10.6. The summed E-state index contributed by atoms with van der Waals surface area (Å²) < 4.78 is 18.0. The highest BCUT2D eigenvalue weighted by Gasteiger charge is 2.23. The normalized spacial score (nSPS) is 12.1. The van der Waals surface area contributed by atoms with Crippen LogP contribution in [0.5, 0.6) is 0 Å². The van der Waals surface area contributed by atoms with Crippen molar-refractivity contribution < 1.29 is 8.83 Å². The molecular weight excluding hydrogens is 835 g/mol. The molecule has 0 saturated carbocycles. The quantitative estimate of drug-likeness (QED) is 0.172. The van der Waals surface area contributed by atoms with Crippen molar-refractivity contribution >= 4 is 98.3 Å². The minimum absolute atomic E-state index is 0.499. The average Bonchev–Trinajstić information content (AvgIpc) is 4.15. The maximum absolute atomic E-state index is 6.85. The zero-order valence-corrected chi connectivity index (χ0v) is 36.3. The summed E-state index contributed by atoms with van der Waals surface area (Å²) in [7, 11) is 0. The Morgan fingerprint density at radius 1 is 0.294 bits per heavy atom. The maximum atomic E-state index is 6.85. The zero-order chi connectivity index (χ0) is 44.5. The molecule has 5 aromatic heterocycles. The second-order valence-electron chi connectivity index (χ2n) is 17.6. The van der Waals surface area contributed by atoms with E-state index in [2.05, 4.69) is 185 Å². The maximum Gasteiger partial charge on any atom is 0.167 e. The van der Waals surface area contributed by atoms with Gasteiger partial charge in [0.15, 0.2) is 17.5 Å². The summed E-state index contributed by atoms with van der Waals surface area (Å²) in [5.74, 6) is 1.57. The first kappa shape index (κ1) is 36.9. The van der Waals surface area contributed by atoms with Crippen molar-refractivity contribution in [3.8, 4) is 45.5 Å². The Hall–Kier alpha value is -9.33. The van der Waals surface area contributed by atoms with Crippen LogP contribution in [0.4, 0.5) is 0 Å². The first-order valence-electron chi connectivity index (χ1n) is 22.8. The first-order valence-corrected chi connectivity index (χ1v) is 22.8. The van der Waals surface area contributed by atoms with Crippen molar-refractivity contribution in [2.75, 3.05) is 0 Å². The number of rotatable bonds is 5. The van der Waals surface area contributed by atoms with Gasteiger partial charge in [0.1, 0.15) is 22.3 Å². The van der Waals surface area contributed by atoms with Crippen LogP contribution in [0.15, 0.2) is 221 Å². The van der Waals surface area contributed by atoms with Crippen LogP contribution < -0.4 is 0 Å². The third-order valence-corrected chi connectivity index (χ3v) is 13.7. The Morgan fingerprint density at radius 3 is 1.57 bits per heavy atom. The van der Waals surface area contributed by atoms with Gasteiger partial charge in [-0.1, -0.05) is 121 Å². The van der Waals surface area contributed by atoms with E-state index in [-0.39, 0.29) is 0 Å². The van der Waals surface area contributed by atoms with E-state index >= 15 is 0 Å². The molecule has 0 aliphatic rings. The lowest BCUT2D eigenvalue weighted by atomic mass is 10.1. The van der Waals surface area contributed by atoms with Gasteiger partial charge < -0.3 is 18.0 Å². The fraction of sp³-hybridized carbons (Fsp3) is 0. The second kappa shape index (κ2) is 14.1. The Morgan fingerprint density at radius 2 is 0.824 bits per heavy atom. The Kier molecular flexibility index (Phi) is 7.65. The molecule has 0 saturated heterocycles. The van der Waals surface area contributed by atoms with E-state index in [4.69, 9.17) is 23.8 Å². The van der Waals surface area contributed by atoms with Gasteiger partial charge in [0.2, 0.25) is 0 Å². The molecule has 15 aromatic rings. The van der Waals surface area contributed by atoms with Crippen LogP contribution in [0.1, 0.15) is 0 Å². The number of hydrogen-bond donors (Lipinski definition) is 0. The summed E-state index contributed by atoms with van der Waals surface area (Å²) >= 11 is 0. The summed E-state index contributed by atoms with van der Waals surface area (Å²) in [5, 5.41) is 11.1. The van der Waals surface area contributed by atoms with Gasteiger partial charge in [-0.25, -0.2) is 15.0 Å². The molecule has 68 heavy (non-hydrogen) atoms. The van der Waals surface area contributed by atoms with Gasteiger partial charge in [-0.2, -0.15) is 0 Å². The van der Waals surface area contributed by atoms with E-state index in [1.807, 2.05) is 36.4 Å². The van der Waals surface area contributed by atoms with Crippen LogP contribution in [-0.2, 0) is 0 Å². The molecule has 5 heterocycles. The van der Waals surface area contributed by atoms with Gasteiger partial charge in [-0.05, 0) is 102 Å². The Bertz CT molecular complexity index is 4570. The van der Waals surface area contributed by atoms with Crippen molar-refractivity contribution in [1.82, 2.24) is 24.1 Å². The van der Waals surface area contributed by atoms with Gasteiger partial charge in [0, 0.05) is 65.6 Å². The molecule has 7 nitrogen and oxygen atoms in total. The molecule has 0 unspecified atom stereocenters. The van der Waals surface area contributed by atoms with Crippen molar-refractivity contribution in [2.45, 2.75) is 0 Å². The molecule has 10 aromatic carbocycles. The molecule has 0 amide bonds. The smallest absolute Gasteiger partial charge is 0.167 e. The molecule has 0 N–H and O–H groups in total. The van der Waals surface area contributed by atoms with E-state index in [0.29, 0.717) is 23.1 Å². The fourth-order valence-electron chi connectivity index (χ4n) is 10.6. The summed E-state index contributed by atoms with van der Waals surface area (Å²) in [6.07, 6.45) is 0. The molecule has 0 fully saturated rings. The molecule has 0 aliphatic carbocycles. The number of para-hydroxylation sites is 5. The standard InChI is InChI=1S/C61H35N5O2/c1-2-16-40(17-3-1)65-51-22-10-6-18-42(51)47-31-38(27-29-53(47)65)59-62-60(39-26-28-46-44-20-8-12-24-55(44)67-57(46)33-39)64-61(63-59)50-35-41(34-49-45-21-9-13-25-56(45)68-58(49)50)66-52-23-11-7-19-43(52)48-30-36-14-4-5-15-37(36)32-54(48)66/h1-35H. The molecule has 0 radical (unpaired) electrons. The molecule has 0 bridgehead atoms. The van der Waals surface area contributed by atoms with E-state index < -0.39 is 0 Å². The SMILES string of the molecule is c1ccc(-n2c3ccccc3c3cc(-c4nc(-c5ccc6c(c5)oc5ccccc56)nc(-c5cc(-n6c7ccccc7c7cc8ccccc8cc76)cc6c5oc5ccccc56)n4)ccc32)cc1.